The first kappa shape index (κ1) is 10.9. The summed E-state index contributed by atoms with van der Waals surface area (Å²) < 4.78 is 0. The van der Waals surface area contributed by atoms with Crippen LogP contribution in [0.25, 0.3) is 0 Å². The summed E-state index contributed by atoms with van der Waals surface area (Å²) in [5, 5.41) is 7.91. The number of rotatable bonds is 2. The van der Waals surface area contributed by atoms with Crippen molar-refractivity contribution in [2.45, 2.75) is 69.6 Å². The van der Waals surface area contributed by atoms with Crippen molar-refractivity contribution >= 4 is 0 Å². The second-order valence-electron chi connectivity index (χ2n) is 8.37. The van der Waals surface area contributed by atoms with Crippen molar-refractivity contribution in [2.75, 3.05) is 0 Å². The van der Waals surface area contributed by atoms with Crippen molar-refractivity contribution in [3.05, 3.63) is 11.6 Å². The van der Waals surface area contributed by atoms with E-state index in [0.29, 0.717) is 16.7 Å². The van der Waals surface area contributed by atoms with E-state index in [9.17, 15) is 0 Å². The van der Waals surface area contributed by atoms with Gasteiger partial charge in [0.15, 0.2) is 5.82 Å². The third kappa shape index (κ3) is 1.50. The van der Waals surface area contributed by atoms with E-state index in [1.165, 1.54) is 63.0 Å². The Bertz CT molecular complexity index is 514. The van der Waals surface area contributed by atoms with Gasteiger partial charge in [-0.3, -0.25) is 5.10 Å². The van der Waals surface area contributed by atoms with E-state index in [4.69, 9.17) is 4.98 Å². The van der Waals surface area contributed by atoms with Crippen LogP contribution in [-0.4, -0.2) is 15.2 Å². The highest BCUT2D eigenvalue weighted by Crippen LogP contribution is 2.65. The van der Waals surface area contributed by atoms with Gasteiger partial charge < -0.3 is 0 Å². The van der Waals surface area contributed by atoms with Gasteiger partial charge in [-0.25, -0.2) is 4.98 Å². The van der Waals surface area contributed by atoms with Crippen molar-refractivity contribution in [1.82, 2.24) is 15.2 Å². The molecule has 2 atom stereocenters. The fourth-order valence-corrected chi connectivity index (χ4v) is 6.03. The lowest BCUT2D eigenvalue weighted by molar-refractivity contribution is -0.0647. The standard InChI is InChI=1S/C16H23N3/c1-15-5-10-4-11(6-15)8-16(7-10,9-15)14-17-13(18-19-14)12-2-3-12/h10-12H,2-9H2,1H3,(H,17,18,19). The van der Waals surface area contributed by atoms with Gasteiger partial charge in [-0.2, -0.15) is 5.10 Å². The van der Waals surface area contributed by atoms with Crippen LogP contribution in [0.5, 0.6) is 0 Å². The normalized spacial score (nSPS) is 47.8. The first-order chi connectivity index (χ1) is 9.14. The van der Waals surface area contributed by atoms with Crippen LogP contribution in [0.2, 0.25) is 0 Å². The molecule has 102 valence electrons. The van der Waals surface area contributed by atoms with Gasteiger partial charge >= 0.3 is 0 Å². The highest BCUT2D eigenvalue weighted by molar-refractivity contribution is 5.20. The molecule has 5 saturated carbocycles. The van der Waals surface area contributed by atoms with E-state index in [2.05, 4.69) is 17.1 Å². The molecule has 1 N–H and O–H groups in total. The molecule has 5 aliphatic rings. The molecule has 0 aliphatic heterocycles. The van der Waals surface area contributed by atoms with E-state index in [-0.39, 0.29) is 0 Å². The van der Waals surface area contributed by atoms with Gasteiger partial charge in [-0.05, 0) is 68.6 Å². The second-order valence-corrected chi connectivity index (χ2v) is 8.37. The number of nitrogens with zero attached hydrogens (tertiary/aromatic N) is 2. The average Bonchev–Trinajstić information content (AvgIpc) is 3.03. The molecule has 0 radical (unpaired) electrons. The summed E-state index contributed by atoms with van der Waals surface area (Å²) in [6, 6.07) is 0. The van der Waals surface area contributed by atoms with Crippen molar-refractivity contribution < 1.29 is 0 Å². The van der Waals surface area contributed by atoms with Crippen LogP contribution in [0, 0.1) is 17.3 Å². The second kappa shape index (κ2) is 3.24. The molecule has 0 amide bonds. The Hall–Kier alpha value is -0.860. The van der Waals surface area contributed by atoms with Crippen LogP contribution in [-0.2, 0) is 5.41 Å². The first-order valence-corrected chi connectivity index (χ1v) is 8.07. The van der Waals surface area contributed by atoms with Gasteiger partial charge in [-0.15, -0.1) is 0 Å². The smallest absolute Gasteiger partial charge is 0.156 e. The fraction of sp³-hybridized carbons (Fsp3) is 0.875. The molecule has 1 aromatic rings. The lowest BCUT2D eigenvalue weighted by atomic mass is 9.44. The van der Waals surface area contributed by atoms with Gasteiger partial charge in [0.25, 0.3) is 0 Å². The molecule has 0 aromatic carbocycles. The predicted octanol–water partition coefficient (Wildman–Crippen LogP) is 3.54. The topological polar surface area (TPSA) is 41.6 Å². The minimum atomic E-state index is 0.336. The van der Waals surface area contributed by atoms with Crippen LogP contribution >= 0.6 is 0 Å². The number of aromatic nitrogens is 3. The van der Waals surface area contributed by atoms with Crippen LogP contribution in [0.4, 0.5) is 0 Å². The van der Waals surface area contributed by atoms with Crippen LogP contribution in [0.1, 0.15) is 75.9 Å². The summed E-state index contributed by atoms with van der Waals surface area (Å²) in [6.45, 7) is 2.52. The highest BCUT2D eigenvalue weighted by Gasteiger charge is 2.57. The largest absolute Gasteiger partial charge is 0.263 e. The zero-order chi connectivity index (χ0) is 12.7. The number of aromatic amines is 1. The minimum Gasteiger partial charge on any atom is -0.263 e. The van der Waals surface area contributed by atoms with E-state index < -0.39 is 0 Å². The SMILES string of the molecule is CC12CC3CC(C1)CC(c1n[nH]c(C4CC4)n1)(C3)C2. The Morgan fingerprint density at radius 3 is 2.47 bits per heavy atom. The van der Waals surface area contributed by atoms with Crippen LogP contribution in [0.3, 0.4) is 0 Å². The average molecular weight is 257 g/mol. The van der Waals surface area contributed by atoms with E-state index in [0.717, 1.165) is 11.8 Å². The van der Waals surface area contributed by atoms with Crippen molar-refractivity contribution in [3.8, 4) is 0 Å². The quantitative estimate of drug-likeness (QED) is 0.880. The molecule has 19 heavy (non-hydrogen) atoms. The Kier molecular flexibility index (Phi) is 1.85. The van der Waals surface area contributed by atoms with Crippen molar-refractivity contribution in [2.24, 2.45) is 17.3 Å². The molecule has 6 rings (SSSR count). The molecule has 1 heterocycles. The third-order valence-electron chi connectivity index (χ3n) is 6.29. The molecular formula is C16H23N3. The molecule has 4 bridgehead atoms. The molecule has 3 nitrogen and oxygen atoms in total. The molecule has 0 saturated heterocycles. The monoisotopic (exact) mass is 257 g/mol. The maximum atomic E-state index is 4.93. The number of hydrogen-bond donors (Lipinski definition) is 1. The molecule has 3 heteroatoms. The van der Waals surface area contributed by atoms with Crippen LogP contribution in [0.15, 0.2) is 0 Å². The van der Waals surface area contributed by atoms with E-state index >= 15 is 0 Å². The zero-order valence-electron chi connectivity index (χ0n) is 11.8. The summed E-state index contributed by atoms with van der Waals surface area (Å²) in [5.74, 6) is 4.96. The van der Waals surface area contributed by atoms with Gasteiger partial charge in [0.1, 0.15) is 5.82 Å². The van der Waals surface area contributed by atoms with Crippen LogP contribution < -0.4 is 0 Å². The first-order valence-electron chi connectivity index (χ1n) is 8.07. The Morgan fingerprint density at radius 1 is 1.11 bits per heavy atom. The lowest BCUT2D eigenvalue weighted by Crippen LogP contribution is -2.53. The summed E-state index contributed by atoms with van der Waals surface area (Å²) in [7, 11) is 0. The fourth-order valence-electron chi connectivity index (χ4n) is 6.03. The summed E-state index contributed by atoms with van der Waals surface area (Å²) in [5.41, 5.74) is 0.924. The maximum absolute atomic E-state index is 4.93. The Labute approximate surface area is 114 Å². The molecule has 5 fully saturated rings. The zero-order valence-corrected chi connectivity index (χ0v) is 11.8. The lowest BCUT2D eigenvalue weighted by Gasteiger charge is -2.60. The number of hydrogen-bond acceptors (Lipinski definition) is 2. The molecule has 0 spiro atoms. The summed E-state index contributed by atoms with van der Waals surface area (Å²) in [4.78, 5) is 4.93. The van der Waals surface area contributed by atoms with E-state index in [1.54, 1.807) is 0 Å². The molecule has 5 aliphatic carbocycles. The predicted molar refractivity (Wildman–Crippen MR) is 72.8 cm³/mol. The number of nitrogens with one attached hydrogen (secondary N) is 1. The maximum Gasteiger partial charge on any atom is 0.156 e. The summed E-state index contributed by atoms with van der Waals surface area (Å²) in [6.07, 6.45) is 11.1. The van der Waals surface area contributed by atoms with Gasteiger partial charge in [0, 0.05) is 11.3 Å². The van der Waals surface area contributed by atoms with Gasteiger partial charge in [0.2, 0.25) is 0 Å². The third-order valence-corrected chi connectivity index (χ3v) is 6.29. The number of H-pyrrole nitrogens is 1. The molecule has 2 unspecified atom stereocenters. The Balaban J connectivity index is 1.55. The van der Waals surface area contributed by atoms with Crippen molar-refractivity contribution in [3.63, 3.8) is 0 Å². The van der Waals surface area contributed by atoms with Gasteiger partial charge in [0.05, 0.1) is 0 Å². The Morgan fingerprint density at radius 2 is 1.84 bits per heavy atom. The van der Waals surface area contributed by atoms with Crippen molar-refractivity contribution in [1.29, 1.82) is 0 Å². The van der Waals surface area contributed by atoms with Gasteiger partial charge in [-0.1, -0.05) is 6.92 Å². The molecule has 1 aromatic heterocycles. The summed E-state index contributed by atoms with van der Waals surface area (Å²) >= 11 is 0. The molecular weight excluding hydrogens is 234 g/mol. The van der Waals surface area contributed by atoms with E-state index in [1.807, 2.05) is 0 Å². The minimum absolute atomic E-state index is 0.336. The highest BCUT2D eigenvalue weighted by atomic mass is 15.2.